The van der Waals surface area contributed by atoms with Gasteiger partial charge in [-0.3, -0.25) is 14.0 Å². The van der Waals surface area contributed by atoms with E-state index >= 15 is 0 Å². The van der Waals surface area contributed by atoms with Crippen molar-refractivity contribution in [1.29, 1.82) is 0 Å². The largest absolute Gasteiger partial charge is 0.338 e. The summed E-state index contributed by atoms with van der Waals surface area (Å²) in [6.07, 6.45) is 0.927. The number of hydrogen-bond donors (Lipinski definition) is 0. The Morgan fingerprint density at radius 2 is 1.84 bits per heavy atom. The predicted molar refractivity (Wildman–Crippen MR) is 141 cm³/mol. The third-order valence-corrected chi connectivity index (χ3v) is 7.74. The van der Waals surface area contributed by atoms with Crippen LogP contribution in [-0.2, 0) is 24.2 Å². The van der Waals surface area contributed by atoms with Gasteiger partial charge in [0.2, 0.25) is 5.91 Å². The quantitative estimate of drug-likeness (QED) is 0.355. The Morgan fingerprint density at radius 1 is 1.08 bits per heavy atom. The molecular formula is C28H24FN5O2S. The van der Waals surface area contributed by atoms with Gasteiger partial charge in [0.15, 0.2) is 4.96 Å². The summed E-state index contributed by atoms with van der Waals surface area (Å²) in [5.41, 5.74) is 5.05. The number of benzene rings is 2. The van der Waals surface area contributed by atoms with Crippen molar-refractivity contribution in [3.8, 4) is 16.9 Å². The van der Waals surface area contributed by atoms with Crippen LogP contribution < -0.4 is 5.56 Å². The third-order valence-electron chi connectivity index (χ3n) is 6.86. The lowest BCUT2D eigenvalue weighted by Gasteiger charge is -2.28. The van der Waals surface area contributed by atoms with E-state index in [2.05, 4.69) is 22.2 Å². The molecule has 4 heterocycles. The summed E-state index contributed by atoms with van der Waals surface area (Å²) in [4.78, 5) is 34.0. The Kier molecular flexibility index (Phi) is 5.72. The van der Waals surface area contributed by atoms with Crippen LogP contribution in [0.15, 0.2) is 64.8 Å². The van der Waals surface area contributed by atoms with E-state index in [1.165, 1.54) is 32.0 Å². The topological polar surface area (TPSA) is 72.5 Å². The molecule has 0 spiro atoms. The molecule has 0 bridgehead atoms. The van der Waals surface area contributed by atoms with Crippen LogP contribution in [-0.4, -0.2) is 36.5 Å². The lowest BCUT2D eigenvalue weighted by Crippen LogP contribution is -2.37. The standard InChI is InChI=1S/C28H24FN5O2S/c1-17-13-23(31-34(17)24-10-6-5-9-22(24)29)26-18(2)30-28-33(27(26)36)21(16-37-28)14-25(35)32-12-11-19-7-3-4-8-20(19)15-32/h3-10,13,16H,11-12,14-15H2,1-2H3. The van der Waals surface area contributed by atoms with Gasteiger partial charge in [-0.05, 0) is 49.6 Å². The highest BCUT2D eigenvalue weighted by Crippen LogP contribution is 2.25. The smallest absolute Gasteiger partial charge is 0.268 e. The fraction of sp³-hybridized carbons (Fsp3) is 0.214. The van der Waals surface area contributed by atoms with Gasteiger partial charge in [0.25, 0.3) is 5.56 Å². The van der Waals surface area contributed by atoms with Gasteiger partial charge >= 0.3 is 0 Å². The molecule has 1 aliphatic rings. The van der Waals surface area contributed by atoms with Crippen molar-refractivity contribution in [3.63, 3.8) is 0 Å². The Balaban J connectivity index is 1.36. The van der Waals surface area contributed by atoms with Crippen LogP contribution in [0.2, 0.25) is 0 Å². The van der Waals surface area contributed by atoms with Crippen LogP contribution in [0.3, 0.4) is 0 Å². The van der Waals surface area contributed by atoms with Crippen LogP contribution in [0.25, 0.3) is 21.9 Å². The molecule has 0 radical (unpaired) electrons. The summed E-state index contributed by atoms with van der Waals surface area (Å²) in [6.45, 7) is 4.81. The Hall–Kier alpha value is -4.11. The number of aryl methyl sites for hydroxylation is 2. The van der Waals surface area contributed by atoms with Crippen molar-refractivity contribution in [3.05, 3.63) is 104 Å². The van der Waals surface area contributed by atoms with Gasteiger partial charge in [-0.1, -0.05) is 36.4 Å². The van der Waals surface area contributed by atoms with Crippen molar-refractivity contribution in [2.75, 3.05) is 6.54 Å². The molecule has 0 unspecified atom stereocenters. The number of carbonyl (C=O) groups is 1. The number of amides is 1. The molecule has 0 atom stereocenters. The average Bonchev–Trinajstić information content (AvgIpc) is 3.47. The minimum Gasteiger partial charge on any atom is -0.338 e. The zero-order chi connectivity index (χ0) is 25.7. The summed E-state index contributed by atoms with van der Waals surface area (Å²) in [5.74, 6) is -0.427. The van der Waals surface area contributed by atoms with Gasteiger partial charge in [-0.25, -0.2) is 14.1 Å². The van der Waals surface area contributed by atoms with Crippen molar-refractivity contribution < 1.29 is 9.18 Å². The molecule has 1 aliphatic heterocycles. The number of para-hydroxylation sites is 1. The molecule has 2 aromatic carbocycles. The molecule has 6 rings (SSSR count). The number of thiazole rings is 1. The van der Waals surface area contributed by atoms with E-state index in [0.717, 1.165) is 12.0 Å². The highest BCUT2D eigenvalue weighted by molar-refractivity contribution is 7.15. The molecule has 186 valence electrons. The fourth-order valence-corrected chi connectivity index (χ4v) is 5.89. The summed E-state index contributed by atoms with van der Waals surface area (Å²) in [5, 5.41) is 6.39. The maximum absolute atomic E-state index is 14.4. The lowest BCUT2D eigenvalue weighted by molar-refractivity contribution is -0.131. The normalized spacial score (nSPS) is 13.2. The molecule has 0 saturated heterocycles. The first kappa shape index (κ1) is 23.3. The van der Waals surface area contributed by atoms with Crippen molar-refractivity contribution in [1.82, 2.24) is 24.1 Å². The van der Waals surface area contributed by atoms with Crippen LogP contribution in [0.4, 0.5) is 4.39 Å². The highest BCUT2D eigenvalue weighted by atomic mass is 32.1. The van der Waals surface area contributed by atoms with Crippen LogP contribution in [0.5, 0.6) is 0 Å². The molecule has 1 amide bonds. The first-order chi connectivity index (χ1) is 17.9. The van der Waals surface area contributed by atoms with Gasteiger partial charge in [-0.15, -0.1) is 11.3 Å². The minimum atomic E-state index is -0.402. The van der Waals surface area contributed by atoms with E-state index in [1.54, 1.807) is 31.2 Å². The first-order valence-corrected chi connectivity index (χ1v) is 12.9. The van der Waals surface area contributed by atoms with E-state index in [0.29, 0.717) is 52.1 Å². The molecule has 0 saturated carbocycles. The third kappa shape index (κ3) is 4.05. The summed E-state index contributed by atoms with van der Waals surface area (Å²) in [6, 6.07) is 16.3. The maximum Gasteiger partial charge on any atom is 0.268 e. The monoisotopic (exact) mass is 513 g/mol. The predicted octanol–water partition coefficient (Wildman–Crippen LogP) is 4.49. The summed E-state index contributed by atoms with van der Waals surface area (Å²) < 4.78 is 17.4. The van der Waals surface area contributed by atoms with Crippen LogP contribution >= 0.6 is 11.3 Å². The molecule has 37 heavy (non-hydrogen) atoms. The molecular weight excluding hydrogens is 489 g/mol. The number of rotatable bonds is 4. The van der Waals surface area contributed by atoms with E-state index in [-0.39, 0.29) is 17.9 Å². The number of nitrogens with zero attached hydrogens (tertiary/aromatic N) is 5. The SMILES string of the molecule is Cc1nc2scc(CC(=O)N3CCc4ccccc4C3)n2c(=O)c1-c1cc(C)n(-c2ccccc2F)n1. The molecule has 3 aromatic heterocycles. The molecule has 5 aromatic rings. The molecule has 0 aliphatic carbocycles. The number of carbonyl (C=O) groups excluding carboxylic acids is 1. The second kappa shape index (κ2) is 9.08. The van der Waals surface area contributed by atoms with Gasteiger partial charge in [0, 0.05) is 29.9 Å². The maximum atomic E-state index is 14.4. The van der Waals surface area contributed by atoms with E-state index < -0.39 is 5.82 Å². The average molecular weight is 514 g/mol. The number of halogens is 1. The van der Waals surface area contributed by atoms with Crippen molar-refractivity contribution in [2.45, 2.75) is 33.2 Å². The Labute approximate surface area is 216 Å². The van der Waals surface area contributed by atoms with E-state index in [1.807, 2.05) is 29.3 Å². The van der Waals surface area contributed by atoms with Crippen molar-refractivity contribution in [2.24, 2.45) is 0 Å². The van der Waals surface area contributed by atoms with Crippen LogP contribution in [0.1, 0.15) is 28.2 Å². The zero-order valence-electron chi connectivity index (χ0n) is 20.4. The second-order valence-corrected chi connectivity index (χ2v) is 10.1. The Bertz CT molecular complexity index is 1730. The van der Waals surface area contributed by atoms with Gasteiger partial charge in [-0.2, -0.15) is 5.10 Å². The molecule has 0 N–H and O–H groups in total. The van der Waals surface area contributed by atoms with Gasteiger partial charge in [0.1, 0.15) is 17.2 Å². The highest BCUT2D eigenvalue weighted by Gasteiger charge is 2.24. The summed E-state index contributed by atoms with van der Waals surface area (Å²) >= 11 is 1.34. The number of fused-ring (bicyclic) bond motifs is 2. The molecule has 7 nitrogen and oxygen atoms in total. The molecule has 9 heteroatoms. The number of hydrogen-bond acceptors (Lipinski definition) is 5. The van der Waals surface area contributed by atoms with Gasteiger partial charge in [0.05, 0.1) is 17.7 Å². The van der Waals surface area contributed by atoms with Crippen molar-refractivity contribution >= 4 is 22.2 Å². The minimum absolute atomic E-state index is 0.0251. The van der Waals surface area contributed by atoms with E-state index in [4.69, 9.17) is 0 Å². The Morgan fingerprint density at radius 3 is 2.65 bits per heavy atom. The van der Waals surface area contributed by atoms with E-state index in [9.17, 15) is 14.0 Å². The van der Waals surface area contributed by atoms with Crippen LogP contribution in [0, 0.1) is 19.7 Å². The first-order valence-electron chi connectivity index (χ1n) is 12.1. The zero-order valence-corrected chi connectivity index (χ0v) is 21.3. The second-order valence-electron chi connectivity index (χ2n) is 9.27. The fourth-order valence-electron chi connectivity index (χ4n) is 4.96. The lowest BCUT2D eigenvalue weighted by atomic mass is 9.99. The molecule has 0 fully saturated rings. The summed E-state index contributed by atoms with van der Waals surface area (Å²) in [7, 11) is 0. The number of aromatic nitrogens is 4. The van der Waals surface area contributed by atoms with Gasteiger partial charge < -0.3 is 4.90 Å².